The molecule has 0 aromatic carbocycles. The summed E-state index contributed by atoms with van der Waals surface area (Å²) in [5, 5.41) is 3.47. The number of carbonyl (C=O) groups is 1. The normalized spacial score (nSPS) is 10.7. The van der Waals surface area contributed by atoms with Crippen LogP contribution in [0.3, 0.4) is 0 Å². The third-order valence-electron chi connectivity index (χ3n) is 2.93. The van der Waals surface area contributed by atoms with Crippen LogP contribution < -0.4 is 5.32 Å². The molecule has 0 aliphatic carbocycles. The van der Waals surface area contributed by atoms with E-state index in [1.807, 2.05) is 27.7 Å². The number of amides is 1. The Bertz CT molecular complexity index is 462. The van der Waals surface area contributed by atoms with Crippen LogP contribution >= 0.6 is 11.6 Å². The molecule has 0 bridgehead atoms. The monoisotopic (exact) mass is 284 g/mol. The topological polar surface area (TPSA) is 58.1 Å². The number of nitrogens with one attached hydrogen (secondary N) is 1. The maximum absolute atomic E-state index is 11.7. The molecule has 6 heteroatoms. The van der Waals surface area contributed by atoms with Crippen LogP contribution in [0.2, 0.25) is 5.15 Å². The summed E-state index contributed by atoms with van der Waals surface area (Å²) in [6, 6.07) is 0. The molecule has 5 nitrogen and oxygen atoms in total. The van der Waals surface area contributed by atoms with Crippen molar-refractivity contribution in [2.24, 2.45) is 0 Å². The van der Waals surface area contributed by atoms with Crippen LogP contribution in [0.1, 0.15) is 38.1 Å². The molecular weight excluding hydrogens is 264 g/mol. The second-order valence-electron chi connectivity index (χ2n) is 4.76. The minimum absolute atomic E-state index is 0.0164. The van der Waals surface area contributed by atoms with E-state index in [1.54, 1.807) is 11.9 Å². The Balaban J connectivity index is 2.86. The molecule has 19 heavy (non-hydrogen) atoms. The highest BCUT2D eigenvalue weighted by Gasteiger charge is 2.13. The predicted molar refractivity (Wildman–Crippen MR) is 77.7 cm³/mol. The van der Waals surface area contributed by atoms with Gasteiger partial charge in [-0.15, -0.1) is 0 Å². The number of nitrogens with zero attached hydrogens (tertiary/aromatic N) is 3. The smallest absolute Gasteiger partial charge is 0.241 e. The summed E-state index contributed by atoms with van der Waals surface area (Å²) in [6.07, 6.45) is 0. The number of halogens is 1. The first-order valence-electron chi connectivity index (χ1n) is 6.38. The molecule has 1 rings (SSSR count). The number of hydrogen-bond acceptors (Lipinski definition) is 4. The highest BCUT2D eigenvalue weighted by Crippen LogP contribution is 2.22. The summed E-state index contributed by atoms with van der Waals surface area (Å²) >= 11 is 6.08. The molecule has 0 spiro atoms. The van der Waals surface area contributed by atoms with Crippen molar-refractivity contribution in [2.75, 3.05) is 25.5 Å². The van der Waals surface area contributed by atoms with Crippen LogP contribution in [-0.2, 0) is 4.79 Å². The van der Waals surface area contributed by atoms with E-state index in [0.29, 0.717) is 23.3 Å². The van der Waals surface area contributed by atoms with Gasteiger partial charge in [-0.05, 0) is 13.8 Å². The molecule has 1 amide bonds. The van der Waals surface area contributed by atoms with Gasteiger partial charge in [0.1, 0.15) is 16.8 Å². The van der Waals surface area contributed by atoms with Crippen LogP contribution in [0.4, 0.5) is 5.82 Å². The number of likely N-dealkylation sites (N-methyl/N-ethyl adjacent to an activating group) is 1. The standard InChI is InChI=1S/C13H21ClN4O/c1-6-18(5)10(19)7-15-13-9(4)11(14)16-12(17-13)8(2)3/h8H,6-7H2,1-5H3,(H,15,16,17). The lowest BCUT2D eigenvalue weighted by Crippen LogP contribution is -2.32. The number of rotatable bonds is 5. The summed E-state index contributed by atoms with van der Waals surface area (Å²) in [7, 11) is 1.77. The summed E-state index contributed by atoms with van der Waals surface area (Å²) < 4.78 is 0. The van der Waals surface area contributed by atoms with Crippen LogP contribution in [0.15, 0.2) is 0 Å². The molecular formula is C13H21ClN4O. The van der Waals surface area contributed by atoms with Gasteiger partial charge < -0.3 is 10.2 Å². The molecule has 0 aliphatic heterocycles. The predicted octanol–water partition coefficient (Wildman–Crippen LogP) is 2.45. The first-order chi connectivity index (χ1) is 8.86. The largest absolute Gasteiger partial charge is 0.361 e. The quantitative estimate of drug-likeness (QED) is 0.844. The molecule has 0 fully saturated rings. The minimum Gasteiger partial charge on any atom is -0.361 e. The van der Waals surface area contributed by atoms with Crippen LogP contribution in [0, 0.1) is 6.92 Å². The first kappa shape index (κ1) is 15.7. The summed E-state index contributed by atoms with van der Waals surface area (Å²) in [4.78, 5) is 22.0. The highest BCUT2D eigenvalue weighted by atomic mass is 35.5. The molecule has 0 atom stereocenters. The van der Waals surface area contributed by atoms with Gasteiger partial charge in [-0.3, -0.25) is 4.79 Å². The fourth-order valence-electron chi connectivity index (χ4n) is 1.41. The van der Waals surface area contributed by atoms with Crippen molar-refractivity contribution >= 4 is 23.3 Å². The van der Waals surface area contributed by atoms with Gasteiger partial charge >= 0.3 is 0 Å². The zero-order chi connectivity index (χ0) is 14.6. The van der Waals surface area contributed by atoms with Gasteiger partial charge in [0.05, 0.1) is 6.54 Å². The van der Waals surface area contributed by atoms with E-state index >= 15 is 0 Å². The van der Waals surface area contributed by atoms with E-state index in [2.05, 4.69) is 15.3 Å². The molecule has 1 aromatic rings. The third-order valence-corrected chi connectivity index (χ3v) is 3.30. The molecule has 0 unspecified atom stereocenters. The molecule has 0 saturated carbocycles. The van der Waals surface area contributed by atoms with Gasteiger partial charge in [-0.1, -0.05) is 25.4 Å². The number of aromatic nitrogens is 2. The Kier molecular flexibility index (Phi) is 5.54. The number of anilines is 1. The van der Waals surface area contributed by atoms with E-state index in [4.69, 9.17) is 11.6 Å². The van der Waals surface area contributed by atoms with Crippen molar-refractivity contribution < 1.29 is 4.79 Å². The van der Waals surface area contributed by atoms with E-state index in [0.717, 1.165) is 5.56 Å². The van der Waals surface area contributed by atoms with Crippen LogP contribution in [0.25, 0.3) is 0 Å². The van der Waals surface area contributed by atoms with E-state index in [9.17, 15) is 4.79 Å². The van der Waals surface area contributed by atoms with Crippen LogP contribution in [0.5, 0.6) is 0 Å². The van der Waals surface area contributed by atoms with Gasteiger partial charge in [0.15, 0.2) is 0 Å². The Labute approximate surface area is 119 Å². The Morgan fingerprint density at radius 2 is 2.05 bits per heavy atom. The van der Waals surface area contributed by atoms with E-state index in [-0.39, 0.29) is 18.4 Å². The Hall–Kier alpha value is -1.36. The third kappa shape index (κ3) is 4.06. The average Bonchev–Trinajstić information content (AvgIpc) is 2.38. The Morgan fingerprint density at radius 1 is 1.42 bits per heavy atom. The summed E-state index contributed by atoms with van der Waals surface area (Å²) in [6.45, 7) is 8.66. The van der Waals surface area contributed by atoms with Crippen molar-refractivity contribution in [1.29, 1.82) is 0 Å². The summed E-state index contributed by atoms with van der Waals surface area (Å²) in [5.41, 5.74) is 0.762. The maximum Gasteiger partial charge on any atom is 0.241 e. The fourth-order valence-corrected chi connectivity index (χ4v) is 1.58. The number of carbonyl (C=O) groups excluding carboxylic acids is 1. The molecule has 106 valence electrons. The lowest BCUT2D eigenvalue weighted by molar-refractivity contribution is -0.127. The van der Waals surface area contributed by atoms with E-state index in [1.165, 1.54) is 0 Å². The molecule has 1 aromatic heterocycles. The van der Waals surface area contributed by atoms with Gasteiger partial charge in [0.25, 0.3) is 0 Å². The lowest BCUT2D eigenvalue weighted by atomic mass is 10.2. The summed E-state index contributed by atoms with van der Waals surface area (Å²) in [5.74, 6) is 1.51. The minimum atomic E-state index is 0.0164. The first-order valence-corrected chi connectivity index (χ1v) is 6.76. The number of hydrogen-bond donors (Lipinski definition) is 1. The Morgan fingerprint density at radius 3 is 2.58 bits per heavy atom. The average molecular weight is 285 g/mol. The zero-order valence-corrected chi connectivity index (χ0v) is 12.9. The van der Waals surface area contributed by atoms with Gasteiger partial charge in [0.2, 0.25) is 5.91 Å². The van der Waals surface area contributed by atoms with Crippen LogP contribution in [-0.4, -0.2) is 40.9 Å². The van der Waals surface area contributed by atoms with E-state index < -0.39 is 0 Å². The van der Waals surface area contributed by atoms with Crippen molar-refractivity contribution in [3.05, 3.63) is 16.5 Å². The molecule has 1 N–H and O–H groups in total. The lowest BCUT2D eigenvalue weighted by Gasteiger charge is -2.16. The van der Waals surface area contributed by atoms with Gasteiger partial charge in [-0.25, -0.2) is 9.97 Å². The fraction of sp³-hybridized carbons (Fsp3) is 0.615. The second-order valence-corrected chi connectivity index (χ2v) is 5.12. The molecule has 0 radical (unpaired) electrons. The second kappa shape index (κ2) is 6.70. The van der Waals surface area contributed by atoms with Crippen molar-refractivity contribution in [2.45, 2.75) is 33.6 Å². The van der Waals surface area contributed by atoms with Crippen molar-refractivity contribution in [1.82, 2.24) is 14.9 Å². The SMILES string of the molecule is CCN(C)C(=O)CNc1nc(C(C)C)nc(Cl)c1C. The maximum atomic E-state index is 11.7. The highest BCUT2D eigenvalue weighted by molar-refractivity contribution is 6.30. The van der Waals surface area contributed by atoms with Gasteiger partial charge in [-0.2, -0.15) is 0 Å². The van der Waals surface area contributed by atoms with Crippen molar-refractivity contribution in [3.8, 4) is 0 Å². The molecule has 0 saturated heterocycles. The molecule has 1 heterocycles. The zero-order valence-electron chi connectivity index (χ0n) is 12.1. The molecule has 0 aliphatic rings. The van der Waals surface area contributed by atoms with Crippen molar-refractivity contribution in [3.63, 3.8) is 0 Å². The van der Waals surface area contributed by atoms with Gasteiger partial charge in [0, 0.05) is 25.1 Å².